The van der Waals surface area contributed by atoms with Gasteiger partial charge in [-0.1, -0.05) is 78.3 Å². The number of aromatic amines is 1. The van der Waals surface area contributed by atoms with Crippen LogP contribution >= 0.6 is 11.6 Å². The van der Waals surface area contributed by atoms with Gasteiger partial charge in [-0.3, -0.25) is 9.89 Å². The third-order valence-corrected chi connectivity index (χ3v) is 4.61. The summed E-state index contributed by atoms with van der Waals surface area (Å²) in [5.41, 5.74) is 7.52. The Morgan fingerprint density at radius 1 is 0.897 bits per heavy atom. The number of H-pyrrole nitrogens is 1. The van der Waals surface area contributed by atoms with E-state index in [9.17, 15) is 4.79 Å². The topological polar surface area (TPSA) is 70.1 Å². The van der Waals surface area contributed by atoms with Gasteiger partial charge in [0, 0.05) is 10.6 Å². The summed E-state index contributed by atoms with van der Waals surface area (Å²) in [7, 11) is 0. The minimum absolute atomic E-state index is 0.325. The first-order valence-corrected chi connectivity index (χ1v) is 9.37. The average molecular weight is 401 g/mol. The van der Waals surface area contributed by atoms with Crippen LogP contribution < -0.4 is 5.43 Å². The quantitative estimate of drug-likeness (QED) is 0.359. The van der Waals surface area contributed by atoms with Gasteiger partial charge in [-0.25, -0.2) is 5.43 Å². The largest absolute Gasteiger partial charge is 0.289 e. The van der Waals surface area contributed by atoms with Gasteiger partial charge in [-0.2, -0.15) is 10.2 Å². The van der Waals surface area contributed by atoms with Crippen molar-refractivity contribution in [2.24, 2.45) is 5.10 Å². The standard InChI is InChI=1S/C23H17ClN4O/c24-20-12-10-19(11-13-20)21-14-22(27-26-21)23(29)28-25-15-16-6-8-18(9-7-16)17-4-2-1-3-5-17/h1-15H,(H,26,27)(H,28,29). The number of nitrogens with one attached hydrogen (secondary N) is 2. The van der Waals surface area contributed by atoms with Crippen molar-refractivity contribution in [1.82, 2.24) is 15.6 Å². The Labute approximate surface area is 173 Å². The lowest BCUT2D eigenvalue weighted by Crippen LogP contribution is -2.17. The van der Waals surface area contributed by atoms with E-state index in [0.717, 1.165) is 22.3 Å². The summed E-state index contributed by atoms with van der Waals surface area (Å²) in [4.78, 5) is 12.3. The first-order valence-electron chi connectivity index (χ1n) is 8.99. The second-order valence-corrected chi connectivity index (χ2v) is 6.80. The minimum Gasteiger partial charge on any atom is -0.272 e. The first kappa shape index (κ1) is 18.7. The molecule has 0 aliphatic carbocycles. The van der Waals surface area contributed by atoms with Crippen molar-refractivity contribution < 1.29 is 4.79 Å². The van der Waals surface area contributed by atoms with Gasteiger partial charge < -0.3 is 0 Å². The van der Waals surface area contributed by atoms with E-state index in [1.54, 1.807) is 24.4 Å². The first-order chi connectivity index (χ1) is 14.2. The van der Waals surface area contributed by atoms with Gasteiger partial charge in [0.1, 0.15) is 5.69 Å². The summed E-state index contributed by atoms with van der Waals surface area (Å²) in [6.45, 7) is 0. The second-order valence-electron chi connectivity index (χ2n) is 6.36. The Bertz CT molecular complexity index is 1130. The van der Waals surface area contributed by atoms with Crippen LogP contribution in [-0.4, -0.2) is 22.3 Å². The summed E-state index contributed by atoms with van der Waals surface area (Å²) in [5.74, 6) is -0.366. The predicted molar refractivity (Wildman–Crippen MR) is 116 cm³/mol. The maximum atomic E-state index is 12.3. The molecule has 0 saturated carbocycles. The third-order valence-electron chi connectivity index (χ3n) is 4.36. The molecular formula is C23H17ClN4O. The Kier molecular flexibility index (Phi) is 5.49. The highest BCUT2D eigenvalue weighted by molar-refractivity contribution is 6.30. The predicted octanol–water partition coefficient (Wildman–Crippen LogP) is 5.16. The molecule has 0 aliphatic heterocycles. The van der Waals surface area contributed by atoms with Crippen molar-refractivity contribution in [3.63, 3.8) is 0 Å². The number of hydrogen-bond donors (Lipinski definition) is 2. The number of carbonyl (C=O) groups is 1. The second kappa shape index (κ2) is 8.54. The maximum Gasteiger partial charge on any atom is 0.289 e. The van der Waals surface area contributed by atoms with E-state index >= 15 is 0 Å². The molecule has 3 aromatic carbocycles. The molecule has 0 aliphatic rings. The molecule has 1 amide bonds. The summed E-state index contributed by atoms with van der Waals surface area (Å²) in [5, 5.41) is 11.6. The molecule has 0 radical (unpaired) electrons. The minimum atomic E-state index is -0.366. The fourth-order valence-electron chi connectivity index (χ4n) is 2.82. The van der Waals surface area contributed by atoms with Gasteiger partial charge in [0.05, 0.1) is 11.9 Å². The Morgan fingerprint density at radius 3 is 2.28 bits per heavy atom. The zero-order chi connectivity index (χ0) is 20.1. The van der Waals surface area contributed by atoms with Gasteiger partial charge >= 0.3 is 0 Å². The van der Waals surface area contributed by atoms with Gasteiger partial charge in [-0.15, -0.1) is 0 Å². The fraction of sp³-hybridized carbons (Fsp3) is 0. The Morgan fingerprint density at radius 2 is 1.55 bits per heavy atom. The molecule has 142 valence electrons. The SMILES string of the molecule is O=C(NN=Cc1ccc(-c2ccccc2)cc1)c1cc(-c2ccc(Cl)cc2)n[nH]1. The number of nitrogens with zero attached hydrogens (tertiary/aromatic N) is 2. The van der Waals surface area contributed by atoms with Crippen LogP contribution in [0.1, 0.15) is 16.1 Å². The van der Waals surface area contributed by atoms with Crippen LogP contribution in [0.5, 0.6) is 0 Å². The van der Waals surface area contributed by atoms with Crippen LogP contribution in [0.2, 0.25) is 5.02 Å². The highest BCUT2D eigenvalue weighted by Crippen LogP contribution is 2.20. The lowest BCUT2D eigenvalue weighted by Gasteiger charge is -2.01. The number of hydrogen-bond acceptors (Lipinski definition) is 3. The number of halogens is 1. The normalized spacial score (nSPS) is 10.9. The van der Waals surface area contributed by atoms with E-state index in [1.807, 2.05) is 54.6 Å². The molecule has 4 aromatic rings. The van der Waals surface area contributed by atoms with Crippen LogP contribution in [0, 0.1) is 0 Å². The number of aromatic nitrogens is 2. The number of carbonyl (C=O) groups excluding carboxylic acids is 1. The van der Waals surface area contributed by atoms with E-state index in [2.05, 4.69) is 32.9 Å². The third kappa shape index (κ3) is 4.59. The van der Waals surface area contributed by atoms with Crippen LogP contribution in [0.3, 0.4) is 0 Å². The summed E-state index contributed by atoms with van der Waals surface area (Å²) in [6, 6.07) is 27.0. The lowest BCUT2D eigenvalue weighted by molar-refractivity contribution is 0.0950. The average Bonchev–Trinajstić information content (AvgIpc) is 3.26. The van der Waals surface area contributed by atoms with Crippen molar-refractivity contribution in [2.75, 3.05) is 0 Å². The van der Waals surface area contributed by atoms with Crippen molar-refractivity contribution >= 4 is 23.7 Å². The monoisotopic (exact) mass is 400 g/mol. The molecule has 0 bridgehead atoms. The van der Waals surface area contributed by atoms with E-state index in [1.165, 1.54) is 0 Å². The molecule has 6 heteroatoms. The smallest absolute Gasteiger partial charge is 0.272 e. The van der Waals surface area contributed by atoms with Crippen molar-refractivity contribution in [3.05, 3.63) is 101 Å². The Balaban J connectivity index is 1.38. The van der Waals surface area contributed by atoms with E-state index in [0.29, 0.717) is 16.4 Å². The van der Waals surface area contributed by atoms with Gasteiger partial charge in [-0.05, 0) is 34.9 Å². The van der Waals surface area contributed by atoms with Crippen LogP contribution in [0.4, 0.5) is 0 Å². The molecule has 0 saturated heterocycles. The summed E-state index contributed by atoms with van der Waals surface area (Å²) < 4.78 is 0. The lowest BCUT2D eigenvalue weighted by atomic mass is 10.0. The molecule has 0 fully saturated rings. The Hall–Kier alpha value is -3.70. The maximum absolute atomic E-state index is 12.3. The summed E-state index contributed by atoms with van der Waals surface area (Å²) >= 11 is 5.89. The molecule has 0 spiro atoms. The molecule has 0 unspecified atom stereocenters. The van der Waals surface area contributed by atoms with Crippen molar-refractivity contribution in [2.45, 2.75) is 0 Å². The van der Waals surface area contributed by atoms with E-state index < -0.39 is 0 Å². The molecule has 1 heterocycles. The van der Waals surface area contributed by atoms with Crippen LogP contribution in [-0.2, 0) is 0 Å². The van der Waals surface area contributed by atoms with Crippen molar-refractivity contribution in [3.8, 4) is 22.4 Å². The molecular weight excluding hydrogens is 384 g/mol. The van der Waals surface area contributed by atoms with Crippen LogP contribution in [0.15, 0.2) is 90.0 Å². The molecule has 1 aromatic heterocycles. The van der Waals surface area contributed by atoms with Crippen LogP contribution in [0.25, 0.3) is 22.4 Å². The zero-order valence-corrected chi connectivity index (χ0v) is 16.1. The van der Waals surface area contributed by atoms with E-state index in [-0.39, 0.29) is 5.91 Å². The summed E-state index contributed by atoms with van der Waals surface area (Å²) in [6.07, 6.45) is 1.60. The highest BCUT2D eigenvalue weighted by Gasteiger charge is 2.10. The molecule has 29 heavy (non-hydrogen) atoms. The molecule has 5 nitrogen and oxygen atoms in total. The van der Waals surface area contributed by atoms with Gasteiger partial charge in [0.25, 0.3) is 5.91 Å². The fourth-order valence-corrected chi connectivity index (χ4v) is 2.95. The number of hydrazone groups is 1. The van der Waals surface area contributed by atoms with Crippen molar-refractivity contribution in [1.29, 1.82) is 0 Å². The molecule has 2 N–H and O–H groups in total. The van der Waals surface area contributed by atoms with E-state index in [4.69, 9.17) is 11.6 Å². The number of rotatable bonds is 5. The van der Waals surface area contributed by atoms with Gasteiger partial charge in [0.2, 0.25) is 0 Å². The zero-order valence-electron chi connectivity index (χ0n) is 15.3. The highest BCUT2D eigenvalue weighted by atomic mass is 35.5. The molecule has 4 rings (SSSR count). The molecule has 0 atom stereocenters. The number of benzene rings is 3. The van der Waals surface area contributed by atoms with Gasteiger partial charge in [0.15, 0.2) is 0 Å². The number of amides is 1.